The van der Waals surface area contributed by atoms with Crippen molar-refractivity contribution in [1.29, 1.82) is 0 Å². The molecule has 5 heteroatoms. The molecular weight excluding hydrogens is 262 g/mol. The molecule has 1 saturated heterocycles. The highest BCUT2D eigenvalue weighted by Crippen LogP contribution is 2.22. The zero-order valence-corrected chi connectivity index (χ0v) is 12.1. The lowest BCUT2D eigenvalue weighted by atomic mass is 10.1. The van der Waals surface area contributed by atoms with Gasteiger partial charge in [-0.3, -0.25) is 0 Å². The number of aryl methyl sites for hydroxylation is 1. The molecule has 106 valence electrons. The van der Waals surface area contributed by atoms with Gasteiger partial charge in [0.05, 0.1) is 16.8 Å². The van der Waals surface area contributed by atoms with Crippen LogP contribution in [0.25, 0.3) is 0 Å². The van der Waals surface area contributed by atoms with Crippen LogP contribution in [0.4, 0.5) is 5.69 Å². The van der Waals surface area contributed by atoms with Crippen LogP contribution in [0, 0.1) is 6.92 Å². The molecule has 1 aliphatic heterocycles. The maximum absolute atomic E-state index is 12.3. The topological polar surface area (TPSA) is 69.4 Å². The average molecular weight is 283 g/mol. The zero-order chi connectivity index (χ0) is 13.9. The number of nitrogen functional groups attached to an aromatic ring is 1. The molecular formula is C14H21NO3S. The highest BCUT2D eigenvalue weighted by molar-refractivity contribution is 7.91. The molecule has 0 aliphatic carbocycles. The molecule has 2 rings (SSSR count). The van der Waals surface area contributed by atoms with Crippen molar-refractivity contribution in [2.45, 2.75) is 43.6 Å². The van der Waals surface area contributed by atoms with Gasteiger partial charge in [-0.1, -0.05) is 0 Å². The van der Waals surface area contributed by atoms with Gasteiger partial charge in [0, 0.05) is 12.3 Å². The summed E-state index contributed by atoms with van der Waals surface area (Å²) >= 11 is 0. The van der Waals surface area contributed by atoms with Gasteiger partial charge in [0.1, 0.15) is 0 Å². The van der Waals surface area contributed by atoms with Crippen molar-refractivity contribution >= 4 is 15.5 Å². The normalized spacial score (nSPS) is 19.7. The predicted octanol–water partition coefficient (Wildman–Crippen LogP) is 2.31. The number of hydrogen-bond donors (Lipinski definition) is 1. The van der Waals surface area contributed by atoms with Crippen LogP contribution >= 0.6 is 0 Å². The third kappa shape index (κ3) is 3.70. The van der Waals surface area contributed by atoms with Crippen molar-refractivity contribution in [3.05, 3.63) is 23.8 Å². The Morgan fingerprint density at radius 1 is 1.42 bits per heavy atom. The lowest BCUT2D eigenvalue weighted by Crippen LogP contribution is -2.12. The molecule has 1 aliphatic rings. The van der Waals surface area contributed by atoms with E-state index in [2.05, 4.69) is 0 Å². The summed E-state index contributed by atoms with van der Waals surface area (Å²) < 4.78 is 30.0. The first-order valence-corrected chi connectivity index (χ1v) is 8.35. The lowest BCUT2D eigenvalue weighted by molar-refractivity contribution is 0.104. The van der Waals surface area contributed by atoms with Gasteiger partial charge < -0.3 is 10.5 Å². The molecule has 0 radical (unpaired) electrons. The molecule has 0 aromatic heterocycles. The minimum Gasteiger partial charge on any atom is -0.399 e. The SMILES string of the molecule is Cc1cc(N)ccc1S(=O)(=O)CCCC1CCCO1. The first-order chi connectivity index (χ1) is 8.99. The van der Waals surface area contributed by atoms with Gasteiger partial charge in [-0.15, -0.1) is 0 Å². The summed E-state index contributed by atoms with van der Waals surface area (Å²) in [5.74, 6) is 0.178. The Morgan fingerprint density at radius 2 is 2.21 bits per heavy atom. The van der Waals surface area contributed by atoms with E-state index in [1.165, 1.54) is 0 Å². The van der Waals surface area contributed by atoms with Crippen molar-refractivity contribution in [2.75, 3.05) is 18.1 Å². The van der Waals surface area contributed by atoms with E-state index in [1.54, 1.807) is 25.1 Å². The molecule has 1 fully saturated rings. The van der Waals surface area contributed by atoms with Crippen LogP contribution in [0.2, 0.25) is 0 Å². The number of rotatable bonds is 5. The second-order valence-corrected chi connectivity index (χ2v) is 7.20. The summed E-state index contributed by atoms with van der Waals surface area (Å²) in [7, 11) is -3.21. The van der Waals surface area contributed by atoms with E-state index >= 15 is 0 Å². The highest BCUT2D eigenvalue weighted by atomic mass is 32.2. The number of hydrogen-bond acceptors (Lipinski definition) is 4. The second-order valence-electron chi connectivity index (χ2n) is 5.12. The summed E-state index contributed by atoms with van der Waals surface area (Å²) in [6.07, 6.45) is 3.88. The van der Waals surface area contributed by atoms with Gasteiger partial charge in [-0.25, -0.2) is 8.42 Å². The van der Waals surface area contributed by atoms with E-state index in [9.17, 15) is 8.42 Å². The fourth-order valence-electron chi connectivity index (χ4n) is 2.50. The fraction of sp³-hybridized carbons (Fsp3) is 0.571. The van der Waals surface area contributed by atoms with Crippen LogP contribution in [0.1, 0.15) is 31.2 Å². The molecule has 0 bridgehead atoms. The number of ether oxygens (including phenoxy) is 1. The van der Waals surface area contributed by atoms with Gasteiger partial charge in [0.25, 0.3) is 0 Å². The number of benzene rings is 1. The zero-order valence-electron chi connectivity index (χ0n) is 11.3. The van der Waals surface area contributed by atoms with Crippen LogP contribution in [-0.4, -0.2) is 26.9 Å². The number of sulfone groups is 1. The smallest absolute Gasteiger partial charge is 0.178 e. The first-order valence-electron chi connectivity index (χ1n) is 6.69. The second kappa shape index (κ2) is 5.92. The number of anilines is 1. The van der Waals surface area contributed by atoms with E-state index in [4.69, 9.17) is 10.5 Å². The van der Waals surface area contributed by atoms with Gasteiger partial charge in [-0.05, 0) is 56.4 Å². The Labute approximate surface area is 114 Å². The average Bonchev–Trinajstić information content (AvgIpc) is 2.81. The minimum absolute atomic E-state index is 0.178. The van der Waals surface area contributed by atoms with Crippen molar-refractivity contribution in [3.63, 3.8) is 0 Å². The quantitative estimate of drug-likeness (QED) is 0.842. The van der Waals surface area contributed by atoms with E-state index < -0.39 is 9.84 Å². The van der Waals surface area contributed by atoms with Crippen LogP contribution in [0.15, 0.2) is 23.1 Å². The molecule has 0 amide bonds. The number of nitrogens with two attached hydrogens (primary N) is 1. The van der Waals surface area contributed by atoms with Crippen molar-refractivity contribution in [1.82, 2.24) is 0 Å². The standard InChI is InChI=1S/C14H21NO3S/c1-11-10-12(15)6-7-14(11)19(16,17)9-3-5-13-4-2-8-18-13/h6-7,10,13H,2-5,8-9,15H2,1H3. The molecule has 1 heterocycles. The maximum Gasteiger partial charge on any atom is 0.178 e. The molecule has 1 aromatic rings. The van der Waals surface area contributed by atoms with E-state index in [-0.39, 0.29) is 11.9 Å². The third-order valence-electron chi connectivity index (χ3n) is 3.50. The Kier molecular flexibility index (Phi) is 4.47. The predicted molar refractivity (Wildman–Crippen MR) is 75.9 cm³/mol. The molecule has 2 N–H and O–H groups in total. The van der Waals surface area contributed by atoms with Crippen LogP contribution in [-0.2, 0) is 14.6 Å². The van der Waals surface area contributed by atoms with Crippen molar-refractivity contribution < 1.29 is 13.2 Å². The Morgan fingerprint density at radius 3 is 2.84 bits per heavy atom. The molecule has 0 spiro atoms. The summed E-state index contributed by atoms with van der Waals surface area (Å²) in [4.78, 5) is 0.397. The lowest BCUT2D eigenvalue weighted by Gasteiger charge is -2.11. The molecule has 1 aromatic carbocycles. The summed E-state index contributed by atoms with van der Waals surface area (Å²) in [6, 6.07) is 4.94. The Bertz CT molecular complexity index is 534. The minimum atomic E-state index is -3.21. The summed E-state index contributed by atoms with van der Waals surface area (Å²) in [5.41, 5.74) is 6.96. The molecule has 19 heavy (non-hydrogen) atoms. The van der Waals surface area contributed by atoms with Crippen molar-refractivity contribution in [2.24, 2.45) is 0 Å². The van der Waals surface area contributed by atoms with Gasteiger partial charge >= 0.3 is 0 Å². The molecule has 4 nitrogen and oxygen atoms in total. The van der Waals surface area contributed by atoms with Crippen molar-refractivity contribution in [3.8, 4) is 0 Å². The molecule has 0 saturated carbocycles. The van der Waals surface area contributed by atoms with Gasteiger partial charge in [-0.2, -0.15) is 0 Å². The van der Waals surface area contributed by atoms with Crippen LogP contribution in [0.3, 0.4) is 0 Å². The van der Waals surface area contributed by atoms with E-state index in [0.717, 1.165) is 31.4 Å². The van der Waals surface area contributed by atoms with Crippen LogP contribution in [0.5, 0.6) is 0 Å². The monoisotopic (exact) mass is 283 g/mol. The molecule has 1 atom stereocenters. The fourth-order valence-corrected chi connectivity index (χ4v) is 4.10. The summed E-state index contributed by atoms with van der Waals surface area (Å²) in [5, 5.41) is 0. The largest absolute Gasteiger partial charge is 0.399 e. The molecule has 1 unspecified atom stereocenters. The Hall–Kier alpha value is -1.07. The first kappa shape index (κ1) is 14.3. The third-order valence-corrected chi connectivity index (χ3v) is 5.45. The maximum atomic E-state index is 12.3. The van der Waals surface area contributed by atoms with Gasteiger partial charge in [0.2, 0.25) is 0 Å². The van der Waals surface area contributed by atoms with E-state index in [1.807, 2.05) is 0 Å². The van der Waals surface area contributed by atoms with Gasteiger partial charge in [0.15, 0.2) is 9.84 Å². The van der Waals surface area contributed by atoms with E-state index in [0.29, 0.717) is 17.0 Å². The Balaban J connectivity index is 1.97. The highest BCUT2D eigenvalue weighted by Gasteiger charge is 2.20. The summed E-state index contributed by atoms with van der Waals surface area (Å²) in [6.45, 7) is 2.60. The van der Waals surface area contributed by atoms with Crippen LogP contribution < -0.4 is 5.73 Å².